The van der Waals surface area contributed by atoms with Gasteiger partial charge >= 0.3 is 5.97 Å². The summed E-state index contributed by atoms with van der Waals surface area (Å²) in [7, 11) is 0. The molecule has 1 aromatic rings. The number of esters is 1. The summed E-state index contributed by atoms with van der Waals surface area (Å²) in [6, 6.07) is 3.93. The third-order valence-electron chi connectivity index (χ3n) is 2.15. The second kappa shape index (κ2) is 6.26. The molecule has 0 amide bonds. The van der Waals surface area contributed by atoms with Crippen LogP contribution in [0.15, 0.2) is 12.1 Å². The Hall–Kier alpha value is -0.540. The van der Waals surface area contributed by atoms with E-state index in [0.29, 0.717) is 17.0 Å². The predicted octanol–water partition coefficient (Wildman–Crippen LogP) is 3.65. The fourth-order valence-corrected chi connectivity index (χ4v) is 2.36. The number of rotatable bonds is 4. The van der Waals surface area contributed by atoms with E-state index in [2.05, 4.69) is 15.9 Å². The van der Waals surface area contributed by atoms with Crippen molar-refractivity contribution >= 4 is 33.5 Å². The van der Waals surface area contributed by atoms with Crippen molar-refractivity contribution < 1.29 is 9.53 Å². The molecule has 0 bridgehead atoms. The Bertz CT molecular complexity index is 391. The molecule has 0 aromatic heterocycles. The summed E-state index contributed by atoms with van der Waals surface area (Å²) in [4.78, 5) is 11.4. The smallest absolute Gasteiger partial charge is 0.310 e. The molecule has 0 saturated carbocycles. The van der Waals surface area contributed by atoms with Crippen LogP contribution in [-0.4, -0.2) is 12.6 Å². The number of ether oxygens (including phenoxy) is 1. The molecular weight excluding hydrogens is 291 g/mol. The Morgan fingerprint density at radius 3 is 2.62 bits per heavy atom. The SMILES string of the molecule is CCOC(=O)Cc1cc(C)cc(CBr)c1Cl. The number of hydrogen-bond donors (Lipinski definition) is 0. The van der Waals surface area contributed by atoms with E-state index in [1.165, 1.54) is 0 Å². The van der Waals surface area contributed by atoms with E-state index < -0.39 is 0 Å². The van der Waals surface area contributed by atoms with Crippen LogP contribution in [0.2, 0.25) is 5.02 Å². The van der Waals surface area contributed by atoms with Crippen molar-refractivity contribution in [3.63, 3.8) is 0 Å². The molecule has 88 valence electrons. The molecule has 0 aliphatic rings. The van der Waals surface area contributed by atoms with Crippen LogP contribution in [-0.2, 0) is 21.3 Å². The first-order chi connectivity index (χ1) is 7.58. The van der Waals surface area contributed by atoms with Crippen molar-refractivity contribution in [3.8, 4) is 0 Å². The highest BCUT2D eigenvalue weighted by Crippen LogP contribution is 2.25. The Labute approximate surface area is 109 Å². The fourth-order valence-electron chi connectivity index (χ4n) is 1.52. The molecule has 0 radical (unpaired) electrons. The normalized spacial score (nSPS) is 10.2. The first-order valence-corrected chi connectivity index (χ1v) is 6.58. The molecule has 4 heteroatoms. The van der Waals surface area contributed by atoms with Crippen LogP contribution in [0.1, 0.15) is 23.6 Å². The lowest BCUT2D eigenvalue weighted by Crippen LogP contribution is -2.08. The quantitative estimate of drug-likeness (QED) is 0.627. The summed E-state index contributed by atoms with van der Waals surface area (Å²) < 4.78 is 4.90. The number of benzene rings is 1. The highest BCUT2D eigenvalue weighted by molar-refractivity contribution is 9.08. The molecule has 0 saturated heterocycles. The van der Waals surface area contributed by atoms with Crippen LogP contribution in [0.5, 0.6) is 0 Å². The largest absolute Gasteiger partial charge is 0.466 e. The number of carbonyl (C=O) groups excluding carboxylic acids is 1. The van der Waals surface area contributed by atoms with E-state index in [0.717, 1.165) is 16.7 Å². The zero-order valence-corrected chi connectivity index (χ0v) is 11.7. The fraction of sp³-hybridized carbons (Fsp3) is 0.417. The lowest BCUT2D eigenvalue weighted by molar-refractivity contribution is -0.142. The van der Waals surface area contributed by atoms with Gasteiger partial charge in [-0.15, -0.1) is 0 Å². The highest BCUT2D eigenvalue weighted by atomic mass is 79.9. The Balaban J connectivity index is 2.95. The van der Waals surface area contributed by atoms with Crippen molar-refractivity contribution in [2.75, 3.05) is 6.61 Å². The average Bonchev–Trinajstić information content (AvgIpc) is 2.23. The average molecular weight is 306 g/mol. The maximum absolute atomic E-state index is 11.4. The first-order valence-electron chi connectivity index (χ1n) is 5.08. The highest BCUT2D eigenvalue weighted by Gasteiger charge is 2.11. The summed E-state index contributed by atoms with van der Waals surface area (Å²) in [6.45, 7) is 4.17. The summed E-state index contributed by atoms with van der Waals surface area (Å²) in [6.07, 6.45) is 0.231. The van der Waals surface area contributed by atoms with Gasteiger partial charge in [-0.1, -0.05) is 45.2 Å². The maximum Gasteiger partial charge on any atom is 0.310 e. The van der Waals surface area contributed by atoms with Gasteiger partial charge in [0.2, 0.25) is 0 Å². The molecule has 16 heavy (non-hydrogen) atoms. The van der Waals surface area contributed by atoms with Gasteiger partial charge in [-0.2, -0.15) is 0 Å². The standard InChI is InChI=1S/C12H14BrClO2/c1-3-16-11(15)6-9-4-8(2)5-10(7-13)12(9)14/h4-5H,3,6-7H2,1-2H3. The Kier molecular flexibility index (Phi) is 5.29. The molecule has 2 nitrogen and oxygen atoms in total. The molecule has 0 atom stereocenters. The number of aryl methyl sites for hydroxylation is 1. The van der Waals surface area contributed by atoms with Crippen molar-refractivity contribution in [1.82, 2.24) is 0 Å². The molecule has 0 unspecified atom stereocenters. The van der Waals surface area contributed by atoms with Crippen LogP contribution in [0.3, 0.4) is 0 Å². The second-order valence-electron chi connectivity index (χ2n) is 3.51. The van der Waals surface area contributed by atoms with Crippen LogP contribution in [0, 0.1) is 6.92 Å². The Morgan fingerprint density at radius 1 is 1.44 bits per heavy atom. The van der Waals surface area contributed by atoms with E-state index in [-0.39, 0.29) is 12.4 Å². The van der Waals surface area contributed by atoms with Gasteiger partial charge in [0.15, 0.2) is 0 Å². The van der Waals surface area contributed by atoms with Crippen molar-refractivity contribution in [2.45, 2.75) is 25.6 Å². The van der Waals surface area contributed by atoms with E-state index in [9.17, 15) is 4.79 Å². The first kappa shape index (κ1) is 13.5. The number of hydrogen-bond acceptors (Lipinski definition) is 2. The van der Waals surface area contributed by atoms with Gasteiger partial charge in [0.05, 0.1) is 13.0 Å². The zero-order chi connectivity index (χ0) is 12.1. The maximum atomic E-state index is 11.4. The van der Waals surface area contributed by atoms with Crippen LogP contribution >= 0.6 is 27.5 Å². The van der Waals surface area contributed by atoms with Crippen molar-refractivity contribution in [3.05, 3.63) is 33.8 Å². The van der Waals surface area contributed by atoms with Gasteiger partial charge in [-0.25, -0.2) is 0 Å². The van der Waals surface area contributed by atoms with E-state index in [1.807, 2.05) is 19.1 Å². The third-order valence-corrected chi connectivity index (χ3v) is 3.24. The molecular formula is C12H14BrClO2. The minimum absolute atomic E-state index is 0.231. The number of halogens is 2. The van der Waals surface area contributed by atoms with Crippen molar-refractivity contribution in [1.29, 1.82) is 0 Å². The lowest BCUT2D eigenvalue weighted by atomic mass is 10.0. The molecule has 0 aliphatic carbocycles. The molecule has 0 N–H and O–H groups in total. The van der Waals surface area contributed by atoms with Crippen LogP contribution < -0.4 is 0 Å². The van der Waals surface area contributed by atoms with Gasteiger partial charge in [-0.3, -0.25) is 4.79 Å². The number of carbonyl (C=O) groups is 1. The molecule has 1 rings (SSSR count). The molecule has 0 spiro atoms. The number of alkyl halides is 1. The molecule has 0 heterocycles. The summed E-state index contributed by atoms with van der Waals surface area (Å²) >= 11 is 9.56. The van der Waals surface area contributed by atoms with E-state index >= 15 is 0 Å². The zero-order valence-electron chi connectivity index (χ0n) is 9.35. The van der Waals surface area contributed by atoms with E-state index in [4.69, 9.17) is 16.3 Å². The summed E-state index contributed by atoms with van der Waals surface area (Å²) in [5, 5.41) is 1.33. The van der Waals surface area contributed by atoms with E-state index in [1.54, 1.807) is 6.92 Å². The lowest BCUT2D eigenvalue weighted by Gasteiger charge is -2.09. The van der Waals surface area contributed by atoms with Gasteiger partial charge in [0, 0.05) is 10.4 Å². The Morgan fingerprint density at radius 2 is 2.06 bits per heavy atom. The molecule has 0 fully saturated rings. The van der Waals surface area contributed by atoms with Crippen molar-refractivity contribution in [2.24, 2.45) is 0 Å². The topological polar surface area (TPSA) is 26.3 Å². The predicted molar refractivity (Wildman–Crippen MR) is 69.2 cm³/mol. The van der Waals surface area contributed by atoms with Gasteiger partial charge in [0.1, 0.15) is 0 Å². The molecule has 1 aromatic carbocycles. The monoisotopic (exact) mass is 304 g/mol. The molecule has 0 aliphatic heterocycles. The minimum atomic E-state index is -0.240. The van der Waals surface area contributed by atoms with Gasteiger partial charge < -0.3 is 4.74 Å². The van der Waals surface area contributed by atoms with Gasteiger partial charge in [0.25, 0.3) is 0 Å². The summed E-state index contributed by atoms with van der Waals surface area (Å²) in [5.41, 5.74) is 2.92. The summed E-state index contributed by atoms with van der Waals surface area (Å²) in [5.74, 6) is -0.240. The van der Waals surface area contributed by atoms with Crippen LogP contribution in [0.25, 0.3) is 0 Å². The minimum Gasteiger partial charge on any atom is -0.466 e. The van der Waals surface area contributed by atoms with Gasteiger partial charge in [-0.05, 0) is 25.0 Å². The van der Waals surface area contributed by atoms with Crippen LogP contribution in [0.4, 0.5) is 0 Å². The third kappa shape index (κ3) is 3.49. The second-order valence-corrected chi connectivity index (χ2v) is 4.45.